The van der Waals surface area contributed by atoms with Crippen molar-refractivity contribution in [3.05, 3.63) is 0 Å². The van der Waals surface area contributed by atoms with Gasteiger partial charge < -0.3 is 5.11 Å². The fourth-order valence-corrected chi connectivity index (χ4v) is 0.928. The first-order valence-electron chi connectivity index (χ1n) is 3.23. The van der Waals surface area contributed by atoms with E-state index in [1.54, 1.807) is 0 Å². The molecule has 0 aromatic rings. The summed E-state index contributed by atoms with van der Waals surface area (Å²) < 4.78 is -1.06. The van der Waals surface area contributed by atoms with Crippen molar-refractivity contribution in [3.8, 4) is 0 Å². The molecule has 0 spiro atoms. The fourth-order valence-electron chi connectivity index (χ4n) is 0.612. The van der Waals surface area contributed by atoms with Gasteiger partial charge in [-0.05, 0) is 12.8 Å². The molecule has 0 saturated heterocycles. The third kappa shape index (κ3) is 8.66. The summed E-state index contributed by atoms with van der Waals surface area (Å²) in [4.78, 5) is 0. The number of hydrogen-bond acceptors (Lipinski definition) is 3. The van der Waals surface area contributed by atoms with Crippen molar-refractivity contribution >= 4 is 25.3 Å². The number of unbranched alkanes of at least 4 members (excludes halogenated alkanes) is 2. The predicted molar refractivity (Wildman–Crippen MR) is 47.1 cm³/mol. The Hall–Kier alpha value is 0.660. The van der Waals surface area contributed by atoms with Crippen LogP contribution in [-0.2, 0) is 0 Å². The molecule has 1 nitrogen and oxygen atoms in total. The van der Waals surface area contributed by atoms with Crippen molar-refractivity contribution in [2.24, 2.45) is 0 Å². The molecule has 0 aromatic heterocycles. The zero-order valence-corrected chi connectivity index (χ0v) is 7.46. The van der Waals surface area contributed by atoms with Crippen LogP contribution < -0.4 is 0 Å². The average Bonchev–Trinajstić information content (AvgIpc) is 1.63. The molecule has 0 unspecified atom stereocenters. The zero-order valence-electron chi connectivity index (χ0n) is 5.67. The second-order valence-electron chi connectivity index (χ2n) is 2.23. The van der Waals surface area contributed by atoms with Crippen LogP contribution in [-0.4, -0.2) is 9.37 Å². The summed E-state index contributed by atoms with van der Waals surface area (Å²) in [5.41, 5.74) is 0. The fraction of sp³-hybridized carbons (Fsp3) is 1.00. The first kappa shape index (κ1) is 9.66. The largest absolute Gasteiger partial charge is 0.371 e. The molecule has 0 rings (SSSR count). The van der Waals surface area contributed by atoms with Gasteiger partial charge in [0.1, 0.15) is 0 Å². The van der Waals surface area contributed by atoms with Gasteiger partial charge in [-0.15, -0.1) is 25.3 Å². The van der Waals surface area contributed by atoms with E-state index in [0.717, 1.165) is 19.3 Å². The lowest BCUT2D eigenvalue weighted by molar-refractivity contribution is 0.219. The number of rotatable bonds is 4. The minimum atomic E-state index is -1.06. The Morgan fingerprint density at radius 3 is 2.22 bits per heavy atom. The number of thiol groups is 2. The van der Waals surface area contributed by atoms with E-state index in [-0.39, 0.29) is 0 Å². The van der Waals surface area contributed by atoms with Gasteiger partial charge >= 0.3 is 0 Å². The Balaban J connectivity index is 3.07. The van der Waals surface area contributed by atoms with Crippen LogP contribution in [0, 0.1) is 0 Å². The first-order chi connectivity index (χ1) is 4.06. The van der Waals surface area contributed by atoms with E-state index in [1.807, 2.05) is 0 Å². The Labute approximate surface area is 67.7 Å². The minimum absolute atomic E-state index is 0.660. The molecule has 0 aliphatic rings. The molecule has 0 fully saturated rings. The SMILES string of the molecule is CCCCCC(O)(S)S. The molecule has 0 bridgehead atoms. The van der Waals surface area contributed by atoms with E-state index < -0.39 is 4.27 Å². The van der Waals surface area contributed by atoms with Gasteiger partial charge in [-0.1, -0.05) is 19.8 Å². The average molecular weight is 166 g/mol. The smallest absolute Gasteiger partial charge is 0.151 e. The van der Waals surface area contributed by atoms with Crippen molar-refractivity contribution < 1.29 is 5.11 Å². The predicted octanol–water partition coefficient (Wildman–Crippen LogP) is 2.07. The molecule has 0 atom stereocenters. The summed E-state index contributed by atoms with van der Waals surface area (Å²) in [6.45, 7) is 2.12. The van der Waals surface area contributed by atoms with Crippen molar-refractivity contribution in [2.45, 2.75) is 36.9 Å². The van der Waals surface area contributed by atoms with E-state index in [4.69, 9.17) is 5.11 Å². The van der Waals surface area contributed by atoms with E-state index in [9.17, 15) is 0 Å². The Morgan fingerprint density at radius 1 is 1.33 bits per heavy atom. The normalized spacial score (nSPS) is 12.0. The first-order valence-corrected chi connectivity index (χ1v) is 4.13. The van der Waals surface area contributed by atoms with Crippen LogP contribution in [0.3, 0.4) is 0 Å². The van der Waals surface area contributed by atoms with Gasteiger partial charge in [0.05, 0.1) is 0 Å². The summed E-state index contributed by atoms with van der Waals surface area (Å²) in [6.07, 6.45) is 3.97. The molecular formula is C6H14OS2. The minimum Gasteiger partial charge on any atom is -0.371 e. The molecule has 56 valence electrons. The topological polar surface area (TPSA) is 20.2 Å². The van der Waals surface area contributed by atoms with E-state index in [1.165, 1.54) is 0 Å². The molecule has 0 amide bonds. The molecule has 0 radical (unpaired) electrons. The quantitative estimate of drug-likeness (QED) is 0.332. The van der Waals surface area contributed by atoms with Crippen LogP contribution in [0.1, 0.15) is 32.6 Å². The lowest BCUT2D eigenvalue weighted by Gasteiger charge is -2.13. The summed E-state index contributed by atoms with van der Waals surface area (Å²) in [5.74, 6) is 0. The molecular weight excluding hydrogens is 152 g/mol. The second kappa shape index (κ2) is 4.47. The van der Waals surface area contributed by atoms with E-state index in [0.29, 0.717) is 6.42 Å². The summed E-state index contributed by atoms with van der Waals surface area (Å²) in [5, 5.41) is 8.97. The monoisotopic (exact) mass is 166 g/mol. The molecule has 0 heterocycles. The van der Waals surface area contributed by atoms with Crippen LogP contribution in [0.2, 0.25) is 0 Å². The van der Waals surface area contributed by atoms with Crippen LogP contribution >= 0.6 is 25.3 Å². The van der Waals surface area contributed by atoms with Gasteiger partial charge in [-0.3, -0.25) is 0 Å². The summed E-state index contributed by atoms with van der Waals surface area (Å²) in [6, 6.07) is 0. The van der Waals surface area contributed by atoms with Gasteiger partial charge in [-0.25, -0.2) is 0 Å². The lowest BCUT2D eigenvalue weighted by Crippen LogP contribution is -2.10. The van der Waals surface area contributed by atoms with Gasteiger partial charge in [0.25, 0.3) is 0 Å². The number of aliphatic hydroxyl groups is 1. The molecule has 3 heteroatoms. The van der Waals surface area contributed by atoms with Gasteiger partial charge in [0.15, 0.2) is 4.27 Å². The molecule has 1 N–H and O–H groups in total. The van der Waals surface area contributed by atoms with Crippen LogP contribution in [0.15, 0.2) is 0 Å². The van der Waals surface area contributed by atoms with Gasteiger partial charge in [0, 0.05) is 0 Å². The third-order valence-electron chi connectivity index (χ3n) is 1.12. The second-order valence-corrected chi connectivity index (χ2v) is 4.06. The standard InChI is InChI=1S/C6H14OS2/c1-2-3-4-5-6(7,8)9/h7-9H,2-5H2,1H3. The highest BCUT2D eigenvalue weighted by Gasteiger charge is 2.12. The van der Waals surface area contributed by atoms with Gasteiger partial charge in [-0.2, -0.15) is 0 Å². The molecule has 0 saturated carbocycles. The highest BCUT2D eigenvalue weighted by atomic mass is 32.2. The Kier molecular flexibility index (Phi) is 4.80. The number of hydrogen-bond donors (Lipinski definition) is 3. The van der Waals surface area contributed by atoms with Crippen LogP contribution in [0.25, 0.3) is 0 Å². The zero-order chi connectivity index (χ0) is 7.33. The molecule has 0 aliphatic heterocycles. The maximum atomic E-state index is 8.97. The van der Waals surface area contributed by atoms with Crippen molar-refractivity contribution in [3.63, 3.8) is 0 Å². The Morgan fingerprint density at radius 2 is 1.89 bits per heavy atom. The highest BCUT2D eigenvalue weighted by Crippen LogP contribution is 2.22. The lowest BCUT2D eigenvalue weighted by atomic mass is 10.2. The van der Waals surface area contributed by atoms with Gasteiger partial charge in [0.2, 0.25) is 0 Å². The van der Waals surface area contributed by atoms with Crippen molar-refractivity contribution in [2.75, 3.05) is 0 Å². The van der Waals surface area contributed by atoms with E-state index >= 15 is 0 Å². The van der Waals surface area contributed by atoms with Crippen molar-refractivity contribution in [1.82, 2.24) is 0 Å². The Bertz CT molecular complexity index is 67.9. The maximum absolute atomic E-state index is 8.97. The summed E-state index contributed by atoms with van der Waals surface area (Å²) >= 11 is 7.69. The molecule has 0 aliphatic carbocycles. The summed E-state index contributed by atoms with van der Waals surface area (Å²) in [7, 11) is 0. The molecule has 9 heavy (non-hydrogen) atoms. The third-order valence-corrected chi connectivity index (χ3v) is 1.56. The van der Waals surface area contributed by atoms with Crippen LogP contribution in [0.5, 0.6) is 0 Å². The van der Waals surface area contributed by atoms with Crippen LogP contribution in [0.4, 0.5) is 0 Å². The van der Waals surface area contributed by atoms with Crippen molar-refractivity contribution in [1.29, 1.82) is 0 Å². The molecule has 0 aromatic carbocycles. The highest BCUT2D eigenvalue weighted by molar-refractivity contribution is 8.00. The maximum Gasteiger partial charge on any atom is 0.151 e. The van der Waals surface area contributed by atoms with E-state index in [2.05, 4.69) is 32.2 Å².